The van der Waals surface area contributed by atoms with Gasteiger partial charge in [-0.3, -0.25) is 0 Å². The Labute approximate surface area is 98.3 Å². The fourth-order valence-corrected chi connectivity index (χ4v) is 2.46. The van der Waals surface area contributed by atoms with Crippen LogP contribution >= 0.6 is 11.6 Å². The quantitative estimate of drug-likeness (QED) is 0.766. The van der Waals surface area contributed by atoms with Crippen LogP contribution in [0.4, 0.5) is 4.39 Å². The summed E-state index contributed by atoms with van der Waals surface area (Å²) in [5.74, 6) is -0.656. The second kappa shape index (κ2) is 4.40. The minimum Gasteiger partial charge on any atom is -0.374 e. The standard InChI is InChI=1S/C12H11ClFNO/c13-9-5-7-3-1-2-4-8(7)11(12(9)14)10(16)6-15/h5,10,16H,1-4H2. The maximum Gasteiger partial charge on any atom is 0.169 e. The fourth-order valence-electron chi connectivity index (χ4n) is 2.22. The predicted octanol–water partition coefficient (Wildman–Crippen LogP) is 2.91. The summed E-state index contributed by atoms with van der Waals surface area (Å²) in [6, 6.07) is 3.27. The minimum atomic E-state index is -1.43. The first kappa shape index (κ1) is 11.4. The Bertz CT molecular complexity index is 467. The van der Waals surface area contributed by atoms with Gasteiger partial charge in [-0.05, 0) is 42.9 Å². The molecule has 0 saturated heterocycles. The number of aliphatic hydroxyl groups is 1. The van der Waals surface area contributed by atoms with Gasteiger partial charge in [0.05, 0.1) is 11.1 Å². The lowest BCUT2D eigenvalue weighted by Gasteiger charge is -2.21. The van der Waals surface area contributed by atoms with E-state index in [0.29, 0.717) is 6.42 Å². The van der Waals surface area contributed by atoms with E-state index in [1.165, 1.54) is 0 Å². The van der Waals surface area contributed by atoms with Crippen molar-refractivity contribution in [2.45, 2.75) is 31.8 Å². The number of hydrogen-bond acceptors (Lipinski definition) is 2. The molecule has 2 nitrogen and oxygen atoms in total. The van der Waals surface area contributed by atoms with Crippen LogP contribution in [0.5, 0.6) is 0 Å². The zero-order valence-corrected chi connectivity index (χ0v) is 9.39. The molecule has 1 N–H and O–H groups in total. The molecule has 1 aromatic rings. The van der Waals surface area contributed by atoms with Crippen LogP contribution in [0.1, 0.15) is 35.6 Å². The van der Waals surface area contributed by atoms with E-state index in [1.54, 1.807) is 12.1 Å². The molecule has 0 radical (unpaired) electrons. The highest BCUT2D eigenvalue weighted by Gasteiger charge is 2.24. The van der Waals surface area contributed by atoms with Crippen molar-refractivity contribution in [3.8, 4) is 6.07 Å². The van der Waals surface area contributed by atoms with Crippen molar-refractivity contribution in [1.82, 2.24) is 0 Å². The van der Waals surface area contributed by atoms with Gasteiger partial charge in [-0.1, -0.05) is 11.6 Å². The fraction of sp³-hybridized carbons (Fsp3) is 0.417. The van der Waals surface area contributed by atoms with Gasteiger partial charge in [-0.2, -0.15) is 5.26 Å². The van der Waals surface area contributed by atoms with Crippen LogP contribution in [0, 0.1) is 17.1 Å². The molecular formula is C12H11ClFNO. The summed E-state index contributed by atoms with van der Waals surface area (Å²) in [5.41, 5.74) is 1.80. The Hall–Kier alpha value is -1.11. The monoisotopic (exact) mass is 239 g/mol. The number of nitriles is 1. The van der Waals surface area contributed by atoms with E-state index < -0.39 is 11.9 Å². The highest BCUT2D eigenvalue weighted by molar-refractivity contribution is 6.30. The number of hydrogen-bond donors (Lipinski definition) is 1. The predicted molar refractivity (Wildman–Crippen MR) is 58.6 cm³/mol. The van der Waals surface area contributed by atoms with Crippen molar-refractivity contribution >= 4 is 11.6 Å². The van der Waals surface area contributed by atoms with Crippen LogP contribution in [0.3, 0.4) is 0 Å². The molecule has 0 fully saturated rings. The highest BCUT2D eigenvalue weighted by atomic mass is 35.5. The minimum absolute atomic E-state index is 0.00931. The number of aryl methyl sites for hydroxylation is 1. The first-order valence-corrected chi connectivity index (χ1v) is 5.60. The lowest BCUT2D eigenvalue weighted by molar-refractivity contribution is 0.228. The normalized spacial score (nSPS) is 16.4. The maximum absolute atomic E-state index is 13.8. The van der Waals surface area contributed by atoms with E-state index in [2.05, 4.69) is 0 Å². The molecule has 2 rings (SSSR count). The summed E-state index contributed by atoms with van der Waals surface area (Å²) in [4.78, 5) is 0. The summed E-state index contributed by atoms with van der Waals surface area (Å²) in [5, 5.41) is 18.2. The maximum atomic E-state index is 13.8. The van der Waals surface area contributed by atoms with Crippen molar-refractivity contribution in [3.05, 3.63) is 33.6 Å². The second-order valence-corrected chi connectivity index (χ2v) is 4.37. The summed E-state index contributed by atoms with van der Waals surface area (Å²) in [6.07, 6.45) is 2.11. The van der Waals surface area contributed by atoms with Gasteiger partial charge in [0.25, 0.3) is 0 Å². The van der Waals surface area contributed by atoms with Crippen molar-refractivity contribution in [2.24, 2.45) is 0 Å². The van der Waals surface area contributed by atoms with Gasteiger partial charge in [0.15, 0.2) is 6.10 Å². The van der Waals surface area contributed by atoms with Gasteiger partial charge in [0.1, 0.15) is 5.82 Å². The Morgan fingerprint density at radius 3 is 2.81 bits per heavy atom. The van der Waals surface area contributed by atoms with Crippen molar-refractivity contribution in [3.63, 3.8) is 0 Å². The first-order chi connectivity index (χ1) is 7.65. The smallest absolute Gasteiger partial charge is 0.169 e. The average molecular weight is 240 g/mol. The zero-order chi connectivity index (χ0) is 11.7. The first-order valence-electron chi connectivity index (χ1n) is 5.22. The van der Waals surface area contributed by atoms with Crippen LogP contribution in [0.2, 0.25) is 5.02 Å². The molecule has 1 aromatic carbocycles. The Morgan fingerprint density at radius 1 is 1.44 bits per heavy atom. The van der Waals surface area contributed by atoms with Crippen LogP contribution in [-0.4, -0.2) is 5.11 Å². The van der Waals surface area contributed by atoms with E-state index in [-0.39, 0.29) is 10.6 Å². The molecule has 1 unspecified atom stereocenters. The number of nitrogens with zero attached hydrogens (tertiary/aromatic N) is 1. The molecule has 0 aliphatic heterocycles. The number of rotatable bonds is 1. The number of fused-ring (bicyclic) bond motifs is 1. The van der Waals surface area contributed by atoms with Gasteiger partial charge in [0.2, 0.25) is 0 Å². The molecule has 1 aliphatic carbocycles. The van der Waals surface area contributed by atoms with Crippen LogP contribution in [-0.2, 0) is 12.8 Å². The summed E-state index contributed by atoms with van der Waals surface area (Å²) in [7, 11) is 0. The molecule has 4 heteroatoms. The lowest BCUT2D eigenvalue weighted by Crippen LogP contribution is -2.11. The van der Waals surface area contributed by atoms with Crippen molar-refractivity contribution in [2.75, 3.05) is 0 Å². The molecule has 1 atom stereocenters. The molecule has 1 aliphatic rings. The van der Waals surface area contributed by atoms with E-state index in [0.717, 1.165) is 30.4 Å². The summed E-state index contributed by atoms with van der Waals surface area (Å²) < 4.78 is 13.8. The Morgan fingerprint density at radius 2 is 2.12 bits per heavy atom. The summed E-state index contributed by atoms with van der Waals surface area (Å²) >= 11 is 5.76. The second-order valence-electron chi connectivity index (χ2n) is 3.96. The van der Waals surface area contributed by atoms with E-state index in [4.69, 9.17) is 16.9 Å². The average Bonchev–Trinajstić information content (AvgIpc) is 2.30. The molecule has 0 spiro atoms. The van der Waals surface area contributed by atoms with E-state index in [9.17, 15) is 9.50 Å². The van der Waals surface area contributed by atoms with Crippen molar-refractivity contribution < 1.29 is 9.50 Å². The SMILES string of the molecule is N#CC(O)c1c(F)c(Cl)cc2c1CCCC2. The lowest BCUT2D eigenvalue weighted by atomic mass is 9.86. The number of benzene rings is 1. The largest absolute Gasteiger partial charge is 0.374 e. The van der Waals surface area contributed by atoms with Gasteiger partial charge in [-0.15, -0.1) is 0 Å². The molecule has 84 valence electrons. The third kappa shape index (κ3) is 1.79. The summed E-state index contributed by atoms with van der Waals surface area (Å²) in [6.45, 7) is 0. The zero-order valence-electron chi connectivity index (χ0n) is 8.63. The topological polar surface area (TPSA) is 44.0 Å². The molecular weight excluding hydrogens is 229 g/mol. The number of aliphatic hydroxyl groups excluding tert-OH is 1. The number of halogens is 2. The Kier molecular flexibility index (Phi) is 3.13. The van der Waals surface area contributed by atoms with E-state index >= 15 is 0 Å². The third-order valence-electron chi connectivity index (χ3n) is 2.98. The highest BCUT2D eigenvalue weighted by Crippen LogP contribution is 2.34. The van der Waals surface area contributed by atoms with Crippen LogP contribution in [0.25, 0.3) is 0 Å². The third-order valence-corrected chi connectivity index (χ3v) is 3.25. The van der Waals surface area contributed by atoms with Crippen molar-refractivity contribution in [1.29, 1.82) is 5.26 Å². The molecule has 0 aromatic heterocycles. The molecule has 0 saturated carbocycles. The Balaban J connectivity index is 2.64. The van der Waals surface area contributed by atoms with E-state index in [1.807, 2.05) is 0 Å². The van der Waals surface area contributed by atoms with Gasteiger partial charge in [-0.25, -0.2) is 4.39 Å². The van der Waals surface area contributed by atoms with Gasteiger partial charge in [0, 0.05) is 5.56 Å². The van der Waals surface area contributed by atoms with Gasteiger partial charge < -0.3 is 5.11 Å². The van der Waals surface area contributed by atoms with Crippen LogP contribution < -0.4 is 0 Å². The molecule has 0 heterocycles. The molecule has 16 heavy (non-hydrogen) atoms. The van der Waals surface area contributed by atoms with Gasteiger partial charge >= 0.3 is 0 Å². The molecule has 0 bridgehead atoms. The van der Waals surface area contributed by atoms with Crippen LogP contribution in [0.15, 0.2) is 6.07 Å². The molecule has 0 amide bonds.